The number of furan rings is 1. The summed E-state index contributed by atoms with van der Waals surface area (Å²) in [4.78, 5) is 9.18. The summed E-state index contributed by atoms with van der Waals surface area (Å²) in [7, 11) is 0. The Labute approximate surface area is 297 Å². The Morgan fingerprint density at radius 3 is 2.29 bits per heavy atom. The number of benzene rings is 4. The maximum atomic E-state index is 5.90. The minimum atomic E-state index is 0. The first-order valence-electron chi connectivity index (χ1n) is 16.8. The van der Waals surface area contributed by atoms with E-state index < -0.39 is 0 Å². The molecule has 0 bridgehead atoms. The summed E-state index contributed by atoms with van der Waals surface area (Å²) in [5, 5.41) is 2.28. The van der Waals surface area contributed by atoms with E-state index in [1.54, 1.807) is 0 Å². The Morgan fingerprint density at radius 2 is 1.50 bits per heavy atom. The van der Waals surface area contributed by atoms with Crippen molar-refractivity contribution >= 4 is 21.9 Å². The van der Waals surface area contributed by atoms with Crippen molar-refractivity contribution in [2.75, 3.05) is 0 Å². The van der Waals surface area contributed by atoms with Crippen LogP contribution in [0.1, 0.15) is 66.3 Å². The van der Waals surface area contributed by atoms with E-state index in [1.165, 1.54) is 59.9 Å². The molecule has 0 amide bonds. The van der Waals surface area contributed by atoms with Gasteiger partial charge in [0.2, 0.25) is 0 Å². The summed E-state index contributed by atoms with van der Waals surface area (Å²) in [6.45, 7) is 6.45. The van der Waals surface area contributed by atoms with Gasteiger partial charge in [-0.2, -0.15) is 0 Å². The molecule has 1 fully saturated rings. The molecule has 1 radical (unpaired) electrons. The van der Waals surface area contributed by atoms with Gasteiger partial charge in [-0.05, 0) is 59.5 Å². The molecule has 243 valence electrons. The topological polar surface area (TPSA) is 38.9 Å². The Bertz CT molecular complexity index is 2110. The molecule has 0 saturated heterocycles. The van der Waals surface area contributed by atoms with Gasteiger partial charge in [0.15, 0.2) is 0 Å². The monoisotopic (exact) mass is 805 g/mol. The molecule has 1 aliphatic rings. The van der Waals surface area contributed by atoms with Crippen molar-refractivity contribution in [3.63, 3.8) is 0 Å². The summed E-state index contributed by atoms with van der Waals surface area (Å²) < 4.78 is 5.90. The van der Waals surface area contributed by atoms with E-state index in [1.807, 2.05) is 42.7 Å². The molecule has 0 spiro atoms. The number of nitrogens with zero attached hydrogens (tertiary/aromatic N) is 2. The predicted molar refractivity (Wildman–Crippen MR) is 193 cm³/mol. The fraction of sp³-hybridized carbons (Fsp3) is 0.227. The number of hydrogen-bond acceptors (Lipinski definition) is 3. The van der Waals surface area contributed by atoms with Crippen LogP contribution in [0.4, 0.5) is 0 Å². The Hall–Kier alpha value is -4.37. The van der Waals surface area contributed by atoms with E-state index >= 15 is 0 Å². The van der Waals surface area contributed by atoms with Crippen molar-refractivity contribution in [2.45, 2.75) is 58.8 Å². The van der Waals surface area contributed by atoms with Crippen LogP contribution in [0.3, 0.4) is 0 Å². The van der Waals surface area contributed by atoms with Crippen LogP contribution >= 0.6 is 0 Å². The zero-order valence-electron chi connectivity index (χ0n) is 27.8. The van der Waals surface area contributed by atoms with Gasteiger partial charge in [0.25, 0.3) is 0 Å². The molecule has 0 N–H and O–H groups in total. The van der Waals surface area contributed by atoms with Crippen LogP contribution < -0.4 is 0 Å². The van der Waals surface area contributed by atoms with Gasteiger partial charge in [-0.25, -0.2) is 0 Å². The van der Waals surface area contributed by atoms with Crippen LogP contribution in [-0.4, -0.2) is 9.97 Å². The third kappa shape index (κ3) is 7.51. The Morgan fingerprint density at radius 1 is 0.750 bits per heavy atom. The van der Waals surface area contributed by atoms with Crippen molar-refractivity contribution in [1.82, 2.24) is 9.97 Å². The number of para-hydroxylation sites is 1. The molecule has 0 aliphatic heterocycles. The van der Waals surface area contributed by atoms with Crippen molar-refractivity contribution < 1.29 is 24.5 Å². The van der Waals surface area contributed by atoms with Crippen molar-refractivity contribution in [2.24, 2.45) is 5.92 Å². The van der Waals surface area contributed by atoms with E-state index in [0.717, 1.165) is 50.4 Å². The average molecular weight is 805 g/mol. The van der Waals surface area contributed by atoms with Gasteiger partial charge in [-0.15, -0.1) is 59.2 Å². The van der Waals surface area contributed by atoms with Gasteiger partial charge in [-0.3, -0.25) is 0 Å². The quantitative estimate of drug-likeness (QED) is 0.157. The molecule has 4 heteroatoms. The number of hydrogen-bond donors (Lipinski definition) is 0. The molecule has 3 aromatic heterocycles. The van der Waals surface area contributed by atoms with Crippen LogP contribution in [0.15, 0.2) is 120 Å². The largest absolute Gasteiger partial charge is 0.500 e. The molecule has 1 aliphatic carbocycles. The Kier molecular flexibility index (Phi) is 10.6. The minimum absolute atomic E-state index is 0. The zero-order chi connectivity index (χ0) is 32.2. The maximum Gasteiger partial charge on any atom is 0.120 e. The van der Waals surface area contributed by atoms with Crippen LogP contribution in [0.2, 0.25) is 0 Å². The standard InChI is InChI=1S/C23H20NO.C21H20N.Ir/c1-2-6-16(5-1)13-17-11-12-24-21(14-17)18-9-10-23-20(15-18)19-7-3-4-8-22(19)25-23;1-15-9-11-19(12-10-15)21-13-20(16(2)14-22-21)17(3)18-7-5-4-6-8-18;/h3-4,7-8,10-12,14-16H,1-2,5-6,13H2;4-11,13-14,17H,1-3H3;/q2*-1;. The normalized spacial score (nSPS) is 13.6. The van der Waals surface area contributed by atoms with Gasteiger partial charge in [-0.1, -0.05) is 111 Å². The summed E-state index contributed by atoms with van der Waals surface area (Å²) >= 11 is 0. The average Bonchev–Trinajstić information content (AvgIpc) is 3.77. The molecular formula is C44H40IrN2O-2. The molecular weight excluding hydrogens is 765 g/mol. The molecule has 3 heterocycles. The van der Waals surface area contributed by atoms with E-state index in [-0.39, 0.29) is 20.1 Å². The van der Waals surface area contributed by atoms with Crippen LogP contribution in [0, 0.1) is 31.9 Å². The first-order valence-corrected chi connectivity index (χ1v) is 16.8. The SMILES string of the molecule is Cc1c[c-]c(-c2cc(C(C)c3ccccc3)c(C)cn2)cc1.[Ir].[c-]1cc2oc3ccccc3c2cc1-c1cc(CC2CCCC2)ccn1. The molecule has 7 aromatic rings. The predicted octanol–water partition coefficient (Wildman–Crippen LogP) is 11.5. The fourth-order valence-corrected chi connectivity index (χ4v) is 6.85. The van der Waals surface area contributed by atoms with Gasteiger partial charge in [0.1, 0.15) is 5.58 Å². The van der Waals surface area contributed by atoms with Crippen molar-refractivity contribution in [1.29, 1.82) is 0 Å². The van der Waals surface area contributed by atoms with Crippen LogP contribution in [0.25, 0.3) is 44.5 Å². The first kappa shape index (κ1) is 33.5. The van der Waals surface area contributed by atoms with Gasteiger partial charge < -0.3 is 14.4 Å². The second-order valence-corrected chi connectivity index (χ2v) is 13.0. The van der Waals surface area contributed by atoms with E-state index in [2.05, 4.69) is 116 Å². The maximum absolute atomic E-state index is 5.90. The second kappa shape index (κ2) is 15.2. The van der Waals surface area contributed by atoms with E-state index in [4.69, 9.17) is 4.42 Å². The molecule has 3 nitrogen and oxygen atoms in total. The smallest absolute Gasteiger partial charge is 0.120 e. The van der Waals surface area contributed by atoms with E-state index in [0.29, 0.717) is 5.92 Å². The number of aryl methyl sites for hydroxylation is 2. The molecule has 1 saturated carbocycles. The molecule has 8 rings (SSSR count). The van der Waals surface area contributed by atoms with Crippen molar-refractivity contribution in [3.8, 4) is 22.5 Å². The number of pyridine rings is 2. The fourth-order valence-electron chi connectivity index (χ4n) is 6.85. The minimum Gasteiger partial charge on any atom is -0.500 e. The third-order valence-electron chi connectivity index (χ3n) is 9.56. The summed E-state index contributed by atoms with van der Waals surface area (Å²) in [5.41, 5.74) is 12.4. The molecule has 1 unspecified atom stereocenters. The van der Waals surface area contributed by atoms with Gasteiger partial charge >= 0.3 is 0 Å². The van der Waals surface area contributed by atoms with Gasteiger partial charge in [0.05, 0.1) is 5.58 Å². The molecule has 48 heavy (non-hydrogen) atoms. The number of aromatic nitrogens is 2. The van der Waals surface area contributed by atoms with Crippen LogP contribution in [-0.2, 0) is 26.5 Å². The number of rotatable bonds is 6. The van der Waals surface area contributed by atoms with Gasteiger partial charge in [0, 0.05) is 43.8 Å². The summed E-state index contributed by atoms with van der Waals surface area (Å²) in [6, 6.07) is 42.3. The van der Waals surface area contributed by atoms with Crippen LogP contribution in [0.5, 0.6) is 0 Å². The number of fused-ring (bicyclic) bond motifs is 3. The molecule has 4 aromatic carbocycles. The molecule has 1 atom stereocenters. The van der Waals surface area contributed by atoms with E-state index in [9.17, 15) is 0 Å². The summed E-state index contributed by atoms with van der Waals surface area (Å²) in [5.74, 6) is 1.20. The zero-order valence-corrected chi connectivity index (χ0v) is 30.2. The third-order valence-corrected chi connectivity index (χ3v) is 9.56. The first-order chi connectivity index (χ1) is 23.0. The van der Waals surface area contributed by atoms with Crippen molar-refractivity contribution in [3.05, 3.63) is 155 Å². The second-order valence-electron chi connectivity index (χ2n) is 13.0. The Balaban J connectivity index is 0.000000165. The summed E-state index contributed by atoms with van der Waals surface area (Å²) in [6.07, 6.45) is 10.6.